The minimum atomic E-state index is -4.24. The predicted octanol–water partition coefficient (Wildman–Crippen LogP) is 5.80. The summed E-state index contributed by atoms with van der Waals surface area (Å²) in [6.45, 7) is 7.23. The Bertz CT molecular complexity index is 1430. The van der Waals surface area contributed by atoms with Crippen LogP contribution in [-0.4, -0.2) is 50.4 Å². The first kappa shape index (κ1) is 32.9. The van der Waals surface area contributed by atoms with E-state index in [0.717, 1.165) is 4.31 Å². The van der Waals surface area contributed by atoms with Crippen molar-refractivity contribution in [3.8, 4) is 5.75 Å². The number of benzene rings is 3. The maximum atomic E-state index is 14.1. The molecule has 226 valence electrons. The second-order valence-electron chi connectivity index (χ2n) is 9.78. The first-order chi connectivity index (χ1) is 20.0. The fourth-order valence-electron chi connectivity index (χ4n) is 4.28. The molecule has 0 heterocycles. The van der Waals surface area contributed by atoms with Crippen LogP contribution in [0.2, 0.25) is 5.02 Å². The average molecular weight is 618 g/mol. The Morgan fingerprint density at radius 3 is 2.10 bits per heavy atom. The van der Waals surface area contributed by atoms with Gasteiger partial charge in [-0.1, -0.05) is 37.6 Å². The van der Waals surface area contributed by atoms with Crippen LogP contribution in [0.15, 0.2) is 77.7 Å². The Morgan fingerprint density at radius 1 is 0.929 bits per heavy atom. The lowest BCUT2D eigenvalue weighted by Gasteiger charge is -2.33. The Hall–Kier alpha value is -3.63. The molecule has 3 aromatic rings. The molecule has 0 bridgehead atoms. The van der Waals surface area contributed by atoms with Crippen LogP contribution in [0.1, 0.15) is 46.1 Å². The van der Waals surface area contributed by atoms with Crippen LogP contribution in [0.3, 0.4) is 0 Å². The number of sulfonamides is 1. The number of anilines is 1. The summed E-state index contributed by atoms with van der Waals surface area (Å²) >= 11 is 6.00. The van der Waals surface area contributed by atoms with Crippen molar-refractivity contribution in [2.75, 3.05) is 17.5 Å². The summed E-state index contributed by atoms with van der Waals surface area (Å²) in [5.41, 5.74) is 0.827. The number of carbonyl (C=O) groups is 2. The molecule has 0 aliphatic carbocycles. The van der Waals surface area contributed by atoms with Gasteiger partial charge in [-0.05, 0) is 92.9 Å². The van der Waals surface area contributed by atoms with Gasteiger partial charge in [0.25, 0.3) is 10.0 Å². The largest absolute Gasteiger partial charge is 0.494 e. The number of hydrogen-bond acceptors (Lipinski definition) is 5. The quantitative estimate of drug-likeness (QED) is 0.247. The fourth-order valence-corrected chi connectivity index (χ4v) is 5.83. The summed E-state index contributed by atoms with van der Waals surface area (Å²) < 4.78 is 48.0. The molecule has 3 rings (SSSR count). The van der Waals surface area contributed by atoms with Crippen LogP contribution in [0.5, 0.6) is 5.75 Å². The van der Waals surface area contributed by atoms with E-state index in [1.165, 1.54) is 53.4 Å². The van der Waals surface area contributed by atoms with E-state index < -0.39 is 34.3 Å². The highest BCUT2D eigenvalue weighted by Gasteiger charge is 2.34. The zero-order valence-corrected chi connectivity index (χ0v) is 25.8. The van der Waals surface area contributed by atoms with Gasteiger partial charge in [0, 0.05) is 17.6 Å². The van der Waals surface area contributed by atoms with E-state index in [4.69, 9.17) is 16.3 Å². The monoisotopic (exact) mass is 617 g/mol. The summed E-state index contributed by atoms with van der Waals surface area (Å²) in [7, 11) is -4.24. The molecule has 42 heavy (non-hydrogen) atoms. The van der Waals surface area contributed by atoms with Crippen molar-refractivity contribution in [1.82, 2.24) is 10.2 Å². The maximum absolute atomic E-state index is 14.1. The van der Waals surface area contributed by atoms with Gasteiger partial charge in [-0.15, -0.1) is 0 Å². The second-order valence-corrected chi connectivity index (χ2v) is 12.1. The third-order valence-corrected chi connectivity index (χ3v) is 8.81. The van der Waals surface area contributed by atoms with E-state index in [9.17, 15) is 22.4 Å². The van der Waals surface area contributed by atoms with Gasteiger partial charge in [0.2, 0.25) is 11.8 Å². The highest BCUT2D eigenvalue weighted by Crippen LogP contribution is 2.27. The van der Waals surface area contributed by atoms with Crippen LogP contribution < -0.4 is 14.4 Å². The molecule has 3 aromatic carbocycles. The van der Waals surface area contributed by atoms with Crippen molar-refractivity contribution < 1.29 is 27.1 Å². The number of hydrogen-bond donors (Lipinski definition) is 1. The Kier molecular flexibility index (Phi) is 11.8. The Morgan fingerprint density at radius 2 is 1.55 bits per heavy atom. The number of halogens is 2. The summed E-state index contributed by atoms with van der Waals surface area (Å²) in [5.74, 6) is -0.844. The zero-order valence-electron chi connectivity index (χ0n) is 24.2. The van der Waals surface area contributed by atoms with Gasteiger partial charge in [0.05, 0.1) is 17.2 Å². The summed E-state index contributed by atoms with van der Waals surface area (Å²) in [6.07, 6.45) is 0.973. The molecule has 2 amide bonds. The normalized spacial score (nSPS) is 12.7. The van der Waals surface area contributed by atoms with E-state index in [1.807, 2.05) is 20.8 Å². The number of carbonyl (C=O) groups excluding carboxylic acids is 2. The second kappa shape index (κ2) is 15.0. The minimum absolute atomic E-state index is 0.0242. The molecule has 0 radical (unpaired) electrons. The van der Waals surface area contributed by atoms with Crippen LogP contribution >= 0.6 is 11.6 Å². The SMILES string of the molecule is CCOc1ccc(N(CC(=O)N(Cc2ccc(F)cc2)[C@@H](CC)C(=O)N[C@@H](C)CC)S(=O)(=O)c2ccc(Cl)cc2)cc1. The lowest BCUT2D eigenvalue weighted by atomic mass is 10.1. The molecule has 8 nitrogen and oxygen atoms in total. The predicted molar refractivity (Wildman–Crippen MR) is 163 cm³/mol. The number of nitrogens with one attached hydrogen (secondary N) is 1. The molecule has 0 saturated carbocycles. The number of amides is 2. The molecule has 0 fully saturated rings. The van der Waals surface area contributed by atoms with Crippen molar-refractivity contribution >= 4 is 39.1 Å². The van der Waals surface area contributed by atoms with E-state index in [-0.39, 0.29) is 35.5 Å². The maximum Gasteiger partial charge on any atom is 0.264 e. The van der Waals surface area contributed by atoms with Gasteiger partial charge in [0.15, 0.2) is 0 Å². The van der Waals surface area contributed by atoms with Gasteiger partial charge >= 0.3 is 0 Å². The molecule has 0 unspecified atom stereocenters. The molecule has 11 heteroatoms. The van der Waals surface area contributed by atoms with Crippen molar-refractivity contribution in [2.45, 2.75) is 64.1 Å². The summed E-state index contributed by atoms with van der Waals surface area (Å²) in [6, 6.07) is 16.6. The van der Waals surface area contributed by atoms with E-state index >= 15 is 0 Å². The molecule has 0 spiro atoms. The highest BCUT2D eigenvalue weighted by atomic mass is 35.5. The molecular weight excluding hydrogens is 581 g/mol. The molecule has 0 saturated heterocycles. The first-order valence-electron chi connectivity index (χ1n) is 13.9. The number of rotatable bonds is 14. The first-order valence-corrected chi connectivity index (χ1v) is 15.7. The van der Waals surface area contributed by atoms with Gasteiger partial charge in [-0.3, -0.25) is 13.9 Å². The zero-order chi connectivity index (χ0) is 30.9. The van der Waals surface area contributed by atoms with E-state index in [1.54, 1.807) is 31.2 Å². The highest BCUT2D eigenvalue weighted by molar-refractivity contribution is 7.92. The molecular formula is C31H37ClFN3O5S. The molecule has 0 aromatic heterocycles. The minimum Gasteiger partial charge on any atom is -0.494 e. The lowest BCUT2D eigenvalue weighted by molar-refractivity contribution is -0.140. The fraction of sp³-hybridized carbons (Fsp3) is 0.355. The molecule has 0 aliphatic heterocycles. The Balaban J connectivity index is 2.05. The Labute approximate surface area is 252 Å². The summed E-state index contributed by atoms with van der Waals surface area (Å²) in [5, 5.41) is 3.29. The molecule has 0 aliphatic rings. The number of nitrogens with zero attached hydrogens (tertiary/aromatic N) is 2. The van der Waals surface area contributed by atoms with Gasteiger partial charge < -0.3 is 15.0 Å². The third kappa shape index (κ3) is 8.45. The smallest absolute Gasteiger partial charge is 0.264 e. The van der Waals surface area contributed by atoms with Crippen molar-refractivity contribution in [1.29, 1.82) is 0 Å². The topological polar surface area (TPSA) is 96.0 Å². The number of ether oxygens (including phenoxy) is 1. The van der Waals surface area contributed by atoms with Gasteiger partial charge in [-0.25, -0.2) is 12.8 Å². The van der Waals surface area contributed by atoms with Crippen molar-refractivity contribution in [3.63, 3.8) is 0 Å². The lowest BCUT2D eigenvalue weighted by Crippen LogP contribution is -2.53. The van der Waals surface area contributed by atoms with Crippen LogP contribution in [-0.2, 0) is 26.2 Å². The van der Waals surface area contributed by atoms with Crippen molar-refractivity contribution in [3.05, 3.63) is 89.2 Å². The van der Waals surface area contributed by atoms with E-state index in [2.05, 4.69) is 5.32 Å². The van der Waals surface area contributed by atoms with Gasteiger partial charge in [-0.2, -0.15) is 0 Å². The third-order valence-electron chi connectivity index (χ3n) is 6.77. The van der Waals surface area contributed by atoms with Crippen LogP contribution in [0.25, 0.3) is 0 Å². The standard InChI is InChI=1S/C31H37ClFN3O5S/c1-5-22(4)34-31(38)29(6-2)35(20-23-8-12-25(33)13-9-23)30(37)21-36(26-14-16-27(17-15-26)41-7-3)42(39,40)28-18-10-24(32)11-19-28/h8-19,22,29H,5-7,20-21H2,1-4H3,(H,34,38)/t22-,29-/m0/s1. The van der Waals surface area contributed by atoms with Crippen LogP contribution in [0, 0.1) is 5.82 Å². The average Bonchev–Trinajstić information content (AvgIpc) is 2.97. The van der Waals surface area contributed by atoms with Crippen molar-refractivity contribution in [2.24, 2.45) is 0 Å². The summed E-state index contributed by atoms with van der Waals surface area (Å²) in [4.78, 5) is 28.7. The van der Waals surface area contributed by atoms with Crippen LogP contribution in [0.4, 0.5) is 10.1 Å². The molecule has 1 N–H and O–H groups in total. The van der Waals surface area contributed by atoms with Gasteiger partial charge in [0.1, 0.15) is 24.2 Å². The van der Waals surface area contributed by atoms with E-state index in [0.29, 0.717) is 29.4 Å². The molecule has 2 atom stereocenters.